The summed E-state index contributed by atoms with van der Waals surface area (Å²) in [6.07, 6.45) is 1.58. The van der Waals surface area contributed by atoms with Gasteiger partial charge >= 0.3 is 19.4 Å². The maximum atomic E-state index is 14.5. The molecule has 16 nitrogen and oxygen atoms in total. The number of carbonyl (C=O) groups excluding carboxylic acids is 1. The number of aliphatic hydroxyl groups is 1. The zero-order valence-electron chi connectivity index (χ0n) is 28.4. The largest absolute Gasteiger partial charge is 0.465 e. The summed E-state index contributed by atoms with van der Waals surface area (Å²) >= 11 is 6.37. The van der Waals surface area contributed by atoms with E-state index in [2.05, 4.69) is 25.1 Å². The first-order chi connectivity index (χ1) is 22.6. The topological polar surface area (TPSA) is 203 Å². The molecular weight excluding hydrogens is 667 g/mol. The van der Waals surface area contributed by atoms with Gasteiger partial charge in [-0.05, 0) is 61.0 Å². The van der Waals surface area contributed by atoms with E-state index in [0.29, 0.717) is 22.6 Å². The van der Waals surface area contributed by atoms with Crippen molar-refractivity contribution in [2.45, 2.75) is 84.4 Å². The average Bonchev–Trinajstić information content (AvgIpc) is 3.26. The fraction of sp³-hybridized carbons (Fsp3) is 0.600. The van der Waals surface area contributed by atoms with Crippen molar-refractivity contribution >= 4 is 37.5 Å². The first-order valence-corrected chi connectivity index (χ1v) is 17.4. The first kappa shape index (κ1) is 39.0. The Labute approximate surface area is 284 Å². The van der Waals surface area contributed by atoms with Gasteiger partial charge in [-0.2, -0.15) is 10.1 Å². The van der Waals surface area contributed by atoms with E-state index in [1.807, 2.05) is 20.8 Å². The van der Waals surface area contributed by atoms with Crippen LogP contribution in [0.4, 0.5) is 5.82 Å². The Balaban J connectivity index is 1.98. The molecule has 0 aliphatic carbocycles. The number of esters is 1. The van der Waals surface area contributed by atoms with Crippen LogP contribution in [-0.2, 0) is 23.4 Å². The van der Waals surface area contributed by atoms with Crippen molar-refractivity contribution in [1.29, 1.82) is 0 Å². The maximum absolute atomic E-state index is 14.5. The highest BCUT2D eigenvalue weighted by molar-refractivity contribution is 7.52. The molecule has 0 saturated carbocycles. The third-order valence-electron chi connectivity index (χ3n) is 7.48. The Hall–Kier alpha value is -3.49. The molecule has 1 aromatic carbocycles. The van der Waals surface area contributed by atoms with E-state index in [1.54, 1.807) is 45.0 Å². The maximum Gasteiger partial charge on any atom is 0.459 e. The Morgan fingerprint density at radius 1 is 1.38 bits per heavy atom. The molecule has 2 aromatic rings. The number of nitrogens with one attached hydrogen (secondary N) is 1. The van der Waals surface area contributed by atoms with Gasteiger partial charge in [0.25, 0.3) is 0 Å². The van der Waals surface area contributed by atoms with Gasteiger partial charge in [-0.3, -0.25) is 13.9 Å². The second-order valence-corrected chi connectivity index (χ2v) is 14.2. The lowest BCUT2D eigenvalue weighted by Gasteiger charge is -2.30. The number of ether oxygens (including phenoxy) is 2. The summed E-state index contributed by atoms with van der Waals surface area (Å²) in [7, 11) is -1.03. The number of unbranched alkanes of at least 4 members (excludes halogenated alkanes) is 1. The zero-order chi connectivity index (χ0) is 35.8. The summed E-state index contributed by atoms with van der Waals surface area (Å²) in [6, 6.07) is 3.58. The van der Waals surface area contributed by atoms with Gasteiger partial charge in [0.05, 0.1) is 25.7 Å². The summed E-state index contributed by atoms with van der Waals surface area (Å²) in [5.74, 6) is -1.35. The van der Waals surface area contributed by atoms with Crippen LogP contribution in [-0.4, -0.2) is 77.0 Å². The van der Waals surface area contributed by atoms with Crippen molar-refractivity contribution in [3.8, 4) is 5.75 Å². The Morgan fingerprint density at radius 2 is 2.08 bits per heavy atom. The Kier molecular flexibility index (Phi) is 13.6. The summed E-state index contributed by atoms with van der Waals surface area (Å²) in [6.45, 7) is 9.82. The van der Waals surface area contributed by atoms with Crippen LogP contribution in [0.1, 0.15) is 70.7 Å². The van der Waals surface area contributed by atoms with E-state index in [1.165, 1.54) is 25.5 Å². The van der Waals surface area contributed by atoms with Crippen molar-refractivity contribution < 1.29 is 33.0 Å². The molecule has 1 aromatic heterocycles. The van der Waals surface area contributed by atoms with Crippen LogP contribution < -0.4 is 15.3 Å². The lowest BCUT2D eigenvalue weighted by Crippen LogP contribution is -2.44. The molecule has 6 atom stereocenters. The van der Waals surface area contributed by atoms with E-state index >= 15 is 0 Å². The van der Waals surface area contributed by atoms with Gasteiger partial charge in [-0.15, -0.1) is 0 Å². The zero-order valence-corrected chi connectivity index (χ0v) is 30.0. The highest BCUT2D eigenvalue weighted by atomic mass is 35.5. The molecule has 264 valence electrons. The minimum Gasteiger partial charge on any atom is -0.465 e. The normalized spacial score (nSPS) is 22.7. The predicted octanol–water partition coefficient (Wildman–Crippen LogP) is 5.61. The van der Waals surface area contributed by atoms with Gasteiger partial charge in [0, 0.05) is 36.1 Å². The highest BCUT2D eigenvalue weighted by Gasteiger charge is 2.55. The molecule has 0 radical (unpaired) electrons. The number of azide groups is 1. The fourth-order valence-corrected chi connectivity index (χ4v) is 6.45. The lowest BCUT2D eigenvalue weighted by molar-refractivity contribution is -0.145. The molecule has 0 amide bonds. The van der Waals surface area contributed by atoms with Crippen LogP contribution in [0.3, 0.4) is 0 Å². The molecule has 2 N–H and O–H groups in total. The van der Waals surface area contributed by atoms with Gasteiger partial charge in [-0.1, -0.05) is 50.8 Å². The quantitative estimate of drug-likeness (QED) is 0.0320. The van der Waals surface area contributed by atoms with Crippen molar-refractivity contribution in [3.63, 3.8) is 0 Å². The molecular formula is C30H44ClN8O8P. The summed E-state index contributed by atoms with van der Waals surface area (Å²) in [4.78, 5) is 38.3. The van der Waals surface area contributed by atoms with Gasteiger partial charge in [-0.25, -0.2) is 14.4 Å². The van der Waals surface area contributed by atoms with E-state index in [-0.39, 0.29) is 24.1 Å². The second-order valence-electron chi connectivity index (χ2n) is 12.1. The van der Waals surface area contributed by atoms with Crippen molar-refractivity contribution in [1.82, 2.24) is 19.5 Å². The number of hydrogen-bond donors (Lipinski definition) is 2. The number of halogens is 1. The second kappa shape index (κ2) is 16.8. The van der Waals surface area contributed by atoms with Crippen LogP contribution in [0.15, 0.2) is 39.3 Å². The van der Waals surface area contributed by atoms with E-state index in [4.69, 9.17) is 30.1 Å². The molecule has 1 aliphatic heterocycles. The van der Waals surface area contributed by atoms with E-state index in [0.717, 1.165) is 11.0 Å². The monoisotopic (exact) mass is 710 g/mol. The number of aryl methyl sites for hydroxylation is 1. The third kappa shape index (κ3) is 9.56. The molecule has 18 heteroatoms. The van der Waals surface area contributed by atoms with Gasteiger partial charge in [0.2, 0.25) is 0 Å². The highest BCUT2D eigenvalue weighted by Crippen LogP contribution is 2.51. The number of carbonyl (C=O) groups is 1. The average molecular weight is 711 g/mol. The summed E-state index contributed by atoms with van der Waals surface area (Å²) in [5.41, 5.74) is 7.83. The molecule has 0 spiro atoms. The van der Waals surface area contributed by atoms with Crippen LogP contribution in [0, 0.1) is 12.8 Å². The van der Waals surface area contributed by atoms with Crippen molar-refractivity contribution in [2.24, 2.45) is 16.0 Å². The number of aliphatic imine (C=N–C) groups is 1. The minimum atomic E-state index is -4.55. The Bertz CT molecular complexity index is 1630. The first-order valence-electron chi connectivity index (χ1n) is 15.5. The molecule has 48 heavy (non-hydrogen) atoms. The fourth-order valence-electron chi connectivity index (χ4n) is 4.74. The predicted molar refractivity (Wildman–Crippen MR) is 180 cm³/mol. The van der Waals surface area contributed by atoms with Crippen LogP contribution in [0.2, 0.25) is 5.02 Å². The molecule has 0 bridgehead atoms. The standard InChI is InChI=1S/C30H44ClN8O8P/c1-9-10-13-44-28(41)21(6)35-48(43,47-24-14-19(4)23(31)15-22(24)18(2)3)45-16-30(36-37-32)26(40)20(5)27(46-30)39-12-11-25(34-29(39)42)33-17-38(7)8/h11-12,14-15,17-18,20-21,26-27,40H,9-10,13,16H2,1-8H3,(H,35,43)/t20-,21-,26-,27+,30+,48?/m0/s1. The Morgan fingerprint density at radius 3 is 2.69 bits per heavy atom. The number of benzene rings is 1. The molecule has 2 heterocycles. The van der Waals surface area contributed by atoms with Crippen LogP contribution in [0.25, 0.3) is 10.4 Å². The number of hydrogen-bond acceptors (Lipinski definition) is 11. The SMILES string of the molecule is CCCCOC(=O)[C@H](C)NP(=O)(OC[C@@]1(N=[N+]=[N-])O[C@@H](n2ccc(N=CN(C)C)nc2=O)[C@@H](C)[C@@H]1O)Oc1cc(C)c(Cl)cc1C(C)C. The number of nitrogens with zero attached hydrogens (tertiary/aromatic N) is 7. The van der Waals surface area contributed by atoms with Crippen LogP contribution in [0.5, 0.6) is 5.75 Å². The van der Waals surface area contributed by atoms with Crippen molar-refractivity contribution in [3.05, 3.63) is 61.5 Å². The third-order valence-corrected chi connectivity index (χ3v) is 9.50. The molecule has 1 aliphatic rings. The molecule has 1 unspecified atom stereocenters. The summed E-state index contributed by atoms with van der Waals surface area (Å²) in [5, 5.41) is 18.1. The van der Waals surface area contributed by atoms with E-state index in [9.17, 15) is 24.8 Å². The van der Waals surface area contributed by atoms with Crippen molar-refractivity contribution in [2.75, 3.05) is 27.3 Å². The van der Waals surface area contributed by atoms with Gasteiger partial charge in [0.15, 0.2) is 11.5 Å². The van der Waals surface area contributed by atoms with Crippen LogP contribution >= 0.6 is 19.3 Å². The van der Waals surface area contributed by atoms with Gasteiger partial charge in [0.1, 0.15) is 18.0 Å². The minimum absolute atomic E-state index is 0.119. The van der Waals surface area contributed by atoms with Gasteiger partial charge < -0.3 is 24.0 Å². The smallest absolute Gasteiger partial charge is 0.459 e. The number of rotatable bonds is 16. The number of aromatic nitrogens is 2. The van der Waals surface area contributed by atoms with E-state index < -0.39 is 56.0 Å². The molecule has 1 saturated heterocycles. The molecule has 1 fully saturated rings. The molecule has 3 rings (SSSR count). The lowest BCUT2D eigenvalue weighted by atomic mass is 9.98. The number of aliphatic hydroxyl groups excluding tert-OH is 1. The summed E-state index contributed by atoms with van der Waals surface area (Å²) < 4.78 is 38.8.